The van der Waals surface area contributed by atoms with Crippen LogP contribution in [0.25, 0.3) is 0 Å². The third kappa shape index (κ3) is 11.6. The van der Waals surface area contributed by atoms with Gasteiger partial charge in [0.2, 0.25) is 0 Å². The summed E-state index contributed by atoms with van der Waals surface area (Å²) < 4.78 is 22.9. The fourth-order valence-corrected chi connectivity index (χ4v) is 3.41. The van der Waals surface area contributed by atoms with E-state index in [-0.39, 0.29) is 0 Å². The standard InChI is InChI=1S/C16H34ClO3P/c1-5-9-11-15(7-3)13-19-21(17,18)20-14-16(8-4)12-10-6-2/h15-16H,5-14H2,1-4H3. The van der Waals surface area contributed by atoms with Gasteiger partial charge in [-0.25, -0.2) is 4.57 Å². The summed E-state index contributed by atoms with van der Waals surface area (Å²) in [5.41, 5.74) is 0. The molecule has 0 aliphatic rings. The average Bonchev–Trinajstić information content (AvgIpc) is 2.47. The van der Waals surface area contributed by atoms with Crippen LogP contribution in [0, 0.1) is 11.8 Å². The van der Waals surface area contributed by atoms with Crippen LogP contribution in [0.15, 0.2) is 0 Å². The molecule has 2 atom stereocenters. The maximum atomic E-state index is 12.1. The minimum absolute atomic E-state index is 0.419. The number of hydrogen-bond donors (Lipinski definition) is 0. The molecule has 0 heterocycles. The van der Waals surface area contributed by atoms with Crippen LogP contribution < -0.4 is 0 Å². The first-order valence-corrected chi connectivity index (χ1v) is 11.0. The van der Waals surface area contributed by atoms with E-state index < -0.39 is 6.95 Å². The van der Waals surface area contributed by atoms with Crippen LogP contribution in [0.3, 0.4) is 0 Å². The molecular weight excluding hydrogens is 307 g/mol. The summed E-state index contributed by atoms with van der Waals surface area (Å²) in [6, 6.07) is 0. The summed E-state index contributed by atoms with van der Waals surface area (Å²) in [7, 11) is 0. The molecule has 0 aliphatic carbocycles. The van der Waals surface area contributed by atoms with E-state index in [4.69, 9.17) is 20.3 Å². The van der Waals surface area contributed by atoms with Gasteiger partial charge < -0.3 is 0 Å². The first-order valence-electron chi connectivity index (χ1n) is 8.57. The van der Waals surface area contributed by atoms with Gasteiger partial charge in [0.1, 0.15) is 0 Å². The Kier molecular flexibility index (Phi) is 13.2. The van der Waals surface area contributed by atoms with Gasteiger partial charge in [0.25, 0.3) is 0 Å². The molecule has 0 rings (SSSR count). The molecule has 0 aromatic carbocycles. The largest absolute Gasteiger partial charge is 0.424 e. The third-order valence-corrected chi connectivity index (χ3v) is 5.52. The quantitative estimate of drug-likeness (QED) is 0.326. The van der Waals surface area contributed by atoms with Crippen LogP contribution in [0.2, 0.25) is 0 Å². The second-order valence-electron chi connectivity index (χ2n) is 5.86. The summed E-state index contributed by atoms with van der Waals surface area (Å²) in [4.78, 5) is 0. The van der Waals surface area contributed by atoms with Crippen molar-refractivity contribution in [2.24, 2.45) is 11.8 Å². The lowest BCUT2D eigenvalue weighted by atomic mass is 10.0. The van der Waals surface area contributed by atoms with E-state index in [2.05, 4.69) is 27.7 Å². The highest BCUT2D eigenvalue weighted by Crippen LogP contribution is 2.54. The summed E-state index contributed by atoms with van der Waals surface area (Å²) in [6.45, 7) is 6.04. The lowest BCUT2D eigenvalue weighted by Crippen LogP contribution is -2.10. The summed E-state index contributed by atoms with van der Waals surface area (Å²) in [5, 5.41) is 0. The van der Waals surface area contributed by atoms with E-state index in [1.165, 1.54) is 25.7 Å². The van der Waals surface area contributed by atoms with Gasteiger partial charge in [-0.05, 0) is 24.7 Å². The molecule has 128 valence electrons. The molecule has 3 nitrogen and oxygen atoms in total. The normalized spacial score (nSPS) is 17.4. The van der Waals surface area contributed by atoms with Gasteiger partial charge in [-0.1, -0.05) is 66.2 Å². The number of unbranched alkanes of at least 4 members (excludes halogenated alkanes) is 2. The Balaban J connectivity index is 4.08. The fraction of sp³-hybridized carbons (Fsp3) is 1.00. The summed E-state index contributed by atoms with van der Waals surface area (Å²) in [6.07, 6.45) is 8.91. The second kappa shape index (κ2) is 12.9. The highest BCUT2D eigenvalue weighted by Gasteiger charge is 2.24. The first kappa shape index (κ1) is 21.4. The average molecular weight is 341 g/mol. The minimum atomic E-state index is -3.42. The maximum Gasteiger partial charge on any atom is 0.424 e. The van der Waals surface area contributed by atoms with Gasteiger partial charge >= 0.3 is 6.95 Å². The van der Waals surface area contributed by atoms with Crippen LogP contribution in [0.1, 0.15) is 79.1 Å². The monoisotopic (exact) mass is 340 g/mol. The molecule has 21 heavy (non-hydrogen) atoms. The molecule has 0 fully saturated rings. The van der Waals surface area contributed by atoms with E-state index in [1.54, 1.807) is 0 Å². The van der Waals surface area contributed by atoms with Crippen molar-refractivity contribution < 1.29 is 13.6 Å². The van der Waals surface area contributed by atoms with Crippen molar-refractivity contribution in [3.63, 3.8) is 0 Å². The van der Waals surface area contributed by atoms with E-state index in [0.717, 1.165) is 25.7 Å². The van der Waals surface area contributed by atoms with Crippen LogP contribution in [0.4, 0.5) is 0 Å². The van der Waals surface area contributed by atoms with Gasteiger partial charge in [0.15, 0.2) is 0 Å². The highest BCUT2D eigenvalue weighted by molar-refractivity contribution is 7.81. The van der Waals surface area contributed by atoms with Crippen molar-refractivity contribution >= 4 is 18.2 Å². The number of rotatable bonds is 14. The second-order valence-corrected chi connectivity index (χ2v) is 8.47. The van der Waals surface area contributed by atoms with Gasteiger partial charge in [-0.15, -0.1) is 0 Å². The van der Waals surface area contributed by atoms with Crippen molar-refractivity contribution in [1.82, 2.24) is 0 Å². The van der Waals surface area contributed by atoms with Crippen molar-refractivity contribution in [2.45, 2.75) is 79.1 Å². The van der Waals surface area contributed by atoms with Crippen molar-refractivity contribution in [3.8, 4) is 0 Å². The summed E-state index contributed by atoms with van der Waals surface area (Å²) >= 11 is 5.92. The van der Waals surface area contributed by atoms with Crippen molar-refractivity contribution in [2.75, 3.05) is 13.2 Å². The molecular formula is C16H34ClO3P. The molecule has 0 aromatic heterocycles. The first-order chi connectivity index (χ1) is 9.99. The molecule has 0 bridgehead atoms. The zero-order chi connectivity index (χ0) is 16.1. The van der Waals surface area contributed by atoms with E-state index in [0.29, 0.717) is 25.0 Å². The third-order valence-electron chi connectivity index (χ3n) is 4.02. The Morgan fingerprint density at radius 3 is 1.52 bits per heavy atom. The molecule has 0 spiro atoms. The molecule has 0 saturated carbocycles. The molecule has 0 saturated heterocycles. The topological polar surface area (TPSA) is 35.5 Å². The minimum Gasteiger partial charge on any atom is -0.297 e. The van der Waals surface area contributed by atoms with E-state index >= 15 is 0 Å². The van der Waals surface area contributed by atoms with Crippen LogP contribution in [0.5, 0.6) is 0 Å². The number of hydrogen-bond acceptors (Lipinski definition) is 3. The fourth-order valence-electron chi connectivity index (χ4n) is 2.22. The lowest BCUT2D eigenvalue weighted by molar-refractivity contribution is 0.161. The van der Waals surface area contributed by atoms with E-state index in [1.807, 2.05) is 0 Å². The maximum absolute atomic E-state index is 12.1. The Hall–Kier alpha value is 0.440. The van der Waals surface area contributed by atoms with Gasteiger partial charge in [-0.2, -0.15) is 0 Å². The molecule has 0 aromatic rings. The molecule has 0 N–H and O–H groups in total. The van der Waals surface area contributed by atoms with Crippen molar-refractivity contribution in [3.05, 3.63) is 0 Å². The zero-order valence-electron chi connectivity index (χ0n) is 14.3. The Labute approximate surface area is 136 Å². The smallest absolute Gasteiger partial charge is 0.297 e. The zero-order valence-corrected chi connectivity index (χ0v) is 15.9. The molecule has 0 amide bonds. The summed E-state index contributed by atoms with van der Waals surface area (Å²) in [5.74, 6) is 0.838. The number of halogens is 1. The molecule has 5 heteroatoms. The molecule has 2 unspecified atom stereocenters. The molecule has 0 aliphatic heterocycles. The Morgan fingerprint density at radius 2 is 1.24 bits per heavy atom. The predicted octanol–water partition coefficient (Wildman–Crippen LogP) is 6.80. The van der Waals surface area contributed by atoms with Crippen LogP contribution >= 0.6 is 18.2 Å². The SMILES string of the molecule is CCCCC(CC)COP(=O)(Cl)OCC(CC)CCCC. The van der Waals surface area contributed by atoms with E-state index in [9.17, 15) is 4.57 Å². The van der Waals surface area contributed by atoms with Crippen molar-refractivity contribution in [1.29, 1.82) is 0 Å². The predicted molar refractivity (Wildman–Crippen MR) is 92.0 cm³/mol. The Morgan fingerprint density at radius 1 is 0.857 bits per heavy atom. The lowest BCUT2D eigenvalue weighted by Gasteiger charge is -2.20. The van der Waals surface area contributed by atoms with Gasteiger partial charge in [0.05, 0.1) is 13.2 Å². The molecule has 0 radical (unpaired) electrons. The van der Waals surface area contributed by atoms with Gasteiger partial charge in [-0.3, -0.25) is 9.05 Å². The van der Waals surface area contributed by atoms with Gasteiger partial charge in [0, 0.05) is 11.2 Å². The van der Waals surface area contributed by atoms with Crippen LogP contribution in [-0.2, 0) is 13.6 Å². The van der Waals surface area contributed by atoms with Crippen LogP contribution in [-0.4, -0.2) is 13.2 Å². The Bertz CT molecular complexity index is 263. The highest BCUT2D eigenvalue weighted by atomic mass is 35.7.